The third-order valence-corrected chi connectivity index (χ3v) is 2.36. The summed E-state index contributed by atoms with van der Waals surface area (Å²) in [5, 5.41) is 3.93. The lowest BCUT2D eigenvalue weighted by Crippen LogP contribution is -2.09. The summed E-state index contributed by atoms with van der Waals surface area (Å²) in [6, 6.07) is 0. The average Bonchev–Trinajstić information content (AvgIpc) is 2.63. The molecule has 0 spiro atoms. The second-order valence-electron chi connectivity index (χ2n) is 2.68. The predicted octanol–water partition coefficient (Wildman–Crippen LogP) is 2.14. The minimum atomic E-state index is -0.354. The van der Waals surface area contributed by atoms with Gasteiger partial charge in [-0.05, 0) is 13.3 Å². The summed E-state index contributed by atoms with van der Waals surface area (Å²) in [7, 11) is 0. The molecule has 0 radical (unpaired) electrons. The molecule has 14 heavy (non-hydrogen) atoms. The van der Waals surface area contributed by atoms with Crippen LogP contribution in [0.4, 0.5) is 5.00 Å². The van der Waals surface area contributed by atoms with Gasteiger partial charge in [-0.25, -0.2) is 9.78 Å². The Labute approximate surface area is 87.3 Å². The molecule has 0 saturated heterocycles. The third-order valence-electron chi connectivity index (χ3n) is 1.57. The molecule has 1 heterocycles. The van der Waals surface area contributed by atoms with Gasteiger partial charge in [-0.3, -0.25) is 0 Å². The average molecular weight is 214 g/mol. The Morgan fingerprint density at radius 2 is 2.43 bits per heavy atom. The van der Waals surface area contributed by atoms with E-state index in [4.69, 9.17) is 4.74 Å². The number of nitrogens with zero attached hydrogens (tertiary/aromatic N) is 1. The summed E-state index contributed by atoms with van der Waals surface area (Å²) in [5.74, 6) is -0.354. The molecule has 0 fully saturated rings. The first kappa shape index (κ1) is 11.0. The zero-order valence-corrected chi connectivity index (χ0v) is 9.19. The monoisotopic (exact) mass is 214 g/mol. The van der Waals surface area contributed by atoms with Gasteiger partial charge in [0.2, 0.25) is 0 Å². The van der Waals surface area contributed by atoms with Crippen LogP contribution < -0.4 is 5.32 Å². The Morgan fingerprint density at radius 3 is 3.07 bits per heavy atom. The second-order valence-corrected chi connectivity index (χ2v) is 3.53. The van der Waals surface area contributed by atoms with Crippen molar-refractivity contribution in [3.63, 3.8) is 0 Å². The number of esters is 1. The molecule has 1 N–H and O–H groups in total. The molecule has 0 aromatic carbocycles. The lowest BCUT2D eigenvalue weighted by molar-refractivity contribution is 0.0521. The van der Waals surface area contributed by atoms with Crippen molar-refractivity contribution in [2.45, 2.75) is 20.3 Å². The van der Waals surface area contributed by atoms with E-state index in [0.29, 0.717) is 12.3 Å². The van der Waals surface area contributed by atoms with Crippen molar-refractivity contribution >= 4 is 22.3 Å². The Morgan fingerprint density at radius 1 is 1.64 bits per heavy atom. The molecule has 78 valence electrons. The van der Waals surface area contributed by atoms with Crippen molar-refractivity contribution in [3.8, 4) is 0 Å². The first-order chi connectivity index (χ1) is 6.79. The van der Waals surface area contributed by atoms with E-state index in [0.717, 1.165) is 18.0 Å². The fourth-order valence-corrected chi connectivity index (χ4v) is 1.65. The molecule has 1 rings (SSSR count). The molecule has 0 bridgehead atoms. The Kier molecular flexibility index (Phi) is 4.39. The number of carbonyl (C=O) groups is 1. The maximum Gasteiger partial charge on any atom is 0.360 e. The molecule has 1 aromatic heterocycles. The predicted molar refractivity (Wildman–Crippen MR) is 56.9 cm³/mol. The van der Waals surface area contributed by atoms with Crippen LogP contribution in [0.2, 0.25) is 0 Å². The number of ether oxygens (including phenoxy) is 1. The summed E-state index contributed by atoms with van der Waals surface area (Å²) in [5.41, 5.74) is 2.04. The van der Waals surface area contributed by atoms with Crippen LogP contribution in [0.3, 0.4) is 0 Å². The van der Waals surface area contributed by atoms with Gasteiger partial charge in [0.05, 0.1) is 12.1 Å². The number of hydrogen-bond acceptors (Lipinski definition) is 5. The second kappa shape index (κ2) is 5.59. The van der Waals surface area contributed by atoms with Crippen molar-refractivity contribution < 1.29 is 9.53 Å². The number of carbonyl (C=O) groups excluding carboxylic acids is 1. The van der Waals surface area contributed by atoms with Crippen LogP contribution in [-0.2, 0) is 4.74 Å². The van der Waals surface area contributed by atoms with Gasteiger partial charge in [-0.2, -0.15) is 0 Å². The standard InChI is InChI=1S/C9H14N2O2S/c1-3-5-10-8-7(11-6-14-8)9(12)13-4-2/h6,10H,3-5H2,1-2H3. The summed E-state index contributed by atoms with van der Waals surface area (Å²) >= 11 is 1.42. The quantitative estimate of drug-likeness (QED) is 0.763. The van der Waals surface area contributed by atoms with E-state index >= 15 is 0 Å². The molecule has 0 saturated carbocycles. The first-order valence-corrected chi connectivity index (χ1v) is 5.52. The zero-order chi connectivity index (χ0) is 10.4. The fourth-order valence-electron chi connectivity index (χ4n) is 0.955. The lowest BCUT2D eigenvalue weighted by Gasteiger charge is -2.03. The van der Waals surface area contributed by atoms with E-state index in [9.17, 15) is 4.79 Å². The van der Waals surface area contributed by atoms with Crippen molar-refractivity contribution in [3.05, 3.63) is 11.2 Å². The minimum absolute atomic E-state index is 0.354. The molecule has 0 aliphatic rings. The van der Waals surface area contributed by atoms with Crippen molar-refractivity contribution in [1.82, 2.24) is 4.98 Å². The van der Waals surface area contributed by atoms with Crippen molar-refractivity contribution in [1.29, 1.82) is 0 Å². The number of thiazole rings is 1. The molecule has 0 unspecified atom stereocenters. The summed E-state index contributed by atoms with van der Waals surface area (Å²) in [4.78, 5) is 15.3. The summed E-state index contributed by atoms with van der Waals surface area (Å²) < 4.78 is 4.87. The highest BCUT2D eigenvalue weighted by Crippen LogP contribution is 2.20. The highest BCUT2D eigenvalue weighted by Gasteiger charge is 2.15. The van der Waals surface area contributed by atoms with Gasteiger partial charge < -0.3 is 10.1 Å². The van der Waals surface area contributed by atoms with Gasteiger partial charge >= 0.3 is 5.97 Å². The van der Waals surface area contributed by atoms with E-state index < -0.39 is 0 Å². The van der Waals surface area contributed by atoms with Gasteiger partial charge in [-0.15, -0.1) is 11.3 Å². The molecule has 5 heteroatoms. The molecular formula is C9H14N2O2S. The molecular weight excluding hydrogens is 200 g/mol. The fraction of sp³-hybridized carbons (Fsp3) is 0.556. The molecule has 0 amide bonds. The maximum absolute atomic E-state index is 11.4. The molecule has 0 atom stereocenters. The minimum Gasteiger partial charge on any atom is -0.461 e. The number of hydrogen-bond donors (Lipinski definition) is 1. The highest BCUT2D eigenvalue weighted by molar-refractivity contribution is 7.14. The number of nitrogens with one attached hydrogen (secondary N) is 1. The van der Waals surface area contributed by atoms with E-state index in [-0.39, 0.29) is 5.97 Å². The SMILES string of the molecule is CCCNc1scnc1C(=O)OCC. The molecule has 4 nitrogen and oxygen atoms in total. The summed E-state index contributed by atoms with van der Waals surface area (Å²) in [6.07, 6.45) is 1.01. The summed E-state index contributed by atoms with van der Waals surface area (Å²) in [6.45, 7) is 5.07. The Bertz CT molecular complexity index is 299. The van der Waals surface area contributed by atoms with Gasteiger partial charge in [0.1, 0.15) is 5.00 Å². The highest BCUT2D eigenvalue weighted by atomic mass is 32.1. The van der Waals surface area contributed by atoms with Crippen molar-refractivity contribution in [2.24, 2.45) is 0 Å². The van der Waals surface area contributed by atoms with E-state index in [1.807, 2.05) is 0 Å². The number of aromatic nitrogens is 1. The zero-order valence-electron chi connectivity index (χ0n) is 8.37. The van der Waals surface area contributed by atoms with Gasteiger partial charge in [-0.1, -0.05) is 6.92 Å². The Hall–Kier alpha value is -1.10. The van der Waals surface area contributed by atoms with Gasteiger partial charge in [0.15, 0.2) is 5.69 Å². The first-order valence-electron chi connectivity index (χ1n) is 4.64. The molecule has 1 aromatic rings. The molecule has 0 aliphatic heterocycles. The van der Waals surface area contributed by atoms with Crippen LogP contribution in [0.25, 0.3) is 0 Å². The Balaban J connectivity index is 2.66. The molecule has 0 aliphatic carbocycles. The third kappa shape index (κ3) is 2.70. The van der Waals surface area contributed by atoms with Crippen LogP contribution in [0.15, 0.2) is 5.51 Å². The van der Waals surface area contributed by atoms with Gasteiger partial charge in [0, 0.05) is 6.54 Å². The van der Waals surface area contributed by atoms with Crippen LogP contribution >= 0.6 is 11.3 Å². The smallest absolute Gasteiger partial charge is 0.360 e. The normalized spacial score (nSPS) is 9.86. The van der Waals surface area contributed by atoms with E-state index in [1.165, 1.54) is 11.3 Å². The van der Waals surface area contributed by atoms with Crippen LogP contribution in [0.1, 0.15) is 30.8 Å². The maximum atomic E-state index is 11.4. The largest absolute Gasteiger partial charge is 0.461 e. The topological polar surface area (TPSA) is 51.2 Å². The van der Waals surface area contributed by atoms with Crippen LogP contribution in [-0.4, -0.2) is 24.1 Å². The number of rotatable bonds is 5. The van der Waals surface area contributed by atoms with E-state index in [1.54, 1.807) is 12.4 Å². The lowest BCUT2D eigenvalue weighted by atomic mass is 10.4. The number of anilines is 1. The van der Waals surface area contributed by atoms with Crippen LogP contribution in [0, 0.1) is 0 Å². The van der Waals surface area contributed by atoms with Crippen molar-refractivity contribution in [2.75, 3.05) is 18.5 Å². The van der Waals surface area contributed by atoms with Gasteiger partial charge in [0.25, 0.3) is 0 Å². The van der Waals surface area contributed by atoms with E-state index in [2.05, 4.69) is 17.2 Å². The van der Waals surface area contributed by atoms with Crippen LogP contribution in [0.5, 0.6) is 0 Å².